The van der Waals surface area contributed by atoms with Gasteiger partial charge in [-0.05, 0) is 32.2 Å². The van der Waals surface area contributed by atoms with Crippen LogP contribution in [-0.2, 0) is 7.05 Å². The van der Waals surface area contributed by atoms with Crippen molar-refractivity contribution >= 4 is 6.08 Å². The van der Waals surface area contributed by atoms with Gasteiger partial charge in [-0.15, -0.1) is 0 Å². The van der Waals surface area contributed by atoms with Gasteiger partial charge < -0.3 is 9.88 Å². The van der Waals surface area contributed by atoms with Crippen molar-refractivity contribution in [1.82, 2.24) is 9.88 Å². The van der Waals surface area contributed by atoms with Crippen molar-refractivity contribution in [3.05, 3.63) is 30.1 Å². The Morgan fingerprint density at radius 2 is 2.33 bits per heavy atom. The van der Waals surface area contributed by atoms with Crippen molar-refractivity contribution < 1.29 is 0 Å². The van der Waals surface area contributed by atoms with Crippen molar-refractivity contribution in [3.8, 4) is 0 Å². The summed E-state index contributed by atoms with van der Waals surface area (Å²) in [4.78, 5) is 0. The van der Waals surface area contributed by atoms with E-state index in [2.05, 4.69) is 35.0 Å². The molecule has 1 aromatic rings. The van der Waals surface area contributed by atoms with E-state index in [4.69, 9.17) is 0 Å². The number of rotatable bonds is 3. The lowest BCUT2D eigenvalue weighted by Gasteiger charge is -2.02. The van der Waals surface area contributed by atoms with Gasteiger partial charge in [0.15, 0.2) is 0 Å². The van der Waals surface area contributed by atoms with Gasteiger partial charge in [0.1, 0.15) is 0 Å². The molecule has 0 saturated carbocycles. The number of nitrogens with one attached hydrogen (secondary N) is 1. The summed E-state index contributed by atoms with van der Waals surface area (Å²) in [5.41, 5.74) is 1.23. The van der Waals surface area contributed by atoms with E-state index in [9.17, 15) is 0 Å². The highest BCUT2D eigenvalue weighted by Crippen LogP contribution is 2.02. The molecule has 0 fully saturated rings. The zero-order valence-electron chi connectivity index (χ0n) is 7.91. The average Bonchev–Trinajstić information content (AvgIpc) is 2.47. The van der Waals surface area contributed by atoms with Gasteiger partial charge in [0.25, 0.3) is 0 Å². The van der Waals surface area contributed by atoms with Crippen LogP contribution in [0.2, 0.25) is 0 Å². The van der Waals surface area contributed by atoms with Gasteiger partial charge in [-0.25, -0.2) is 0 Å². The quantitative estimate of drug-likeness (QED) is 0.718. The molecule has 12 heavy (non-hydrogen) atoms. The first-order valence-electron chi connectivity index (χ1n) is 4.21. The molecule has 0 aliphatic rings. The van der Waals surface area contributed by atoms with E-state index < -0.39 is 0 Å². The molecule has 1 heterocycles. The molecular weight excluding hydrogens is 148 g/mol. The molecule has 2 heteroatoms. The van der Waals surface area contributed by atoms with E-state index >= 15 is 0 Å². The zero-order chi connectivity index (χ0) is 8.97. The Morgan fingerprint density at radius 3 is 2.83 bits per heavy atom. The number of hydrogen-bond acceptors (Lipinski definition) is 1. The van der Waals surface area contributed by atoms with Gasteiger partial charge in [-0.2, -0.15) is 0 Å². The number of nitrogens with zero attached hydrogens (tertiary/aromatic N) is 1. The first kappa shape index (κ1) is 9.07. The molecule has 0 spiro atoms. The van der Waals surface area contributed by atoms with Gasteiger partial charge in [-0.3, -0.25) is 0 Å². The number of aryl methyl sites for hydroxylation is 1. The largest absolute Gasteiger partial charge is 0.351 e. The van der Waals surface area contributed by atoms with E-state index in [0.717, 1.165) is 0 Å². The summed E-state index contributed by atoms with van der Waals surface area (Å²) in [6, 6.07) is 4.57. The third-order valence-electron chi connectivity index (χ3n) is 1.99. The first-order valence-corrected chi connectivity index (χ1v) is 4.21. The highest BCUT2D eigenvalue weighted by molar-refractivity contribution is 5.46. The number of aromatic nitrogens is 1. The van der Waals surface area contributed by atoms with Crippen molar-refractivity contribution in [2.24, 2.45) is 7.05 Å². The molecular formula is C10H16N2. The highest BCUT2D eigenvalue weighted by atomic mass is 14.9. The molecule has 0 bridgehead atoms. The number of hydrogen-bond donors (Lipinski definition) is 1. The molecule has 1 unspecified atom stereocenters. The van der Waals surface area contributed by atoms with Gasteiger partial charge in [0.2, 0.25) is 0 Å². The Bertz CT molecular complexity index is 261. The Kier molecular flexibility index (Phi) is 3.11. The molecule has 0 aliphatic heterocycles. The SMILES string of the molecule is CNC(C)/C=C/c1cccn1C. The fraction of sp³-hybridized carbons (Fsp3) is 0.400. The van der Waals surface area contributed by atoms with Crippen LogP contribution >= 0.6 is 0 Å². The van der Waals surface area contributed by atoms with Crippen molar-refractivity contribution in [3.63, 3.8) is 0 Å². The smallest absolute Gasteiger partial charge is 0.0401 e. The van der Waals surface area contributed by atoms with Gasteiger partial charge in [-0.1, -0.05) is 6.08 Å². The summed E-state index contributed by atoms with van der Waals surface area (Å²) in [7, 11) is 4.00. The molecule has 0 saturated heterocycles. The van der Waals surface area contributed by atoms with Gasteiger partial charge in [0.05, 0.1) is 0 Å². The van der Waals surface area contributed by atoms with Crippen LogP contribution in [0.3, 0.4) is 0 Å². The predicted octanol–water partition coefficient (Wildman–Crippen LogP) is 1.65. The van der Waals surface area contributed by atoms with Crippen LogP contribution in [0.5, 0.6) is 0 Å². The van der Waals surface area contributed by atoms with Gasteiger partial charge in [0, 0.05) is 25.0 Å². The third kappa shape index (κ3) is 2.24. The minimum atomic E-state index is 0.430. The van der Waals surface area contributed by atoms with Crippen molar-refractivity contribution in [1.29, 1.82) is 0 Å². The lowest BCUT2D eigenvalue weighted by molar-refractivity contribution is 0.731. The topological polar surface area (TPSA) is 17.0 Å². The van der Waals surface area contributed by atoms with Crippen LogP contribution in [-0.4, -0.2) is 17.7 Å². The lowest BCUT2D eigenvalue weighted by atomic mass is 10.3. The van der Waals surface area contributed by atoms with Gasteiger partial charge >= 0.3 is 0 Å². The summed E-state index contributed by atoms with van der Waals surface area (Å²) in [5, 5.41) is 3.15. The normalized spacial score (nSPS) is 13.9. The van der Waals surface area contributed by atoms with E-state index in [1.807, 2.05) is 26.4 Å². The van der Waals surface area contributed by atoms with E-state index in [0.29, 0.717) is 6.04 Å². The summed E-state index contributed by atoms with van der Waals surface area (Å²) in [5.74, 6) is 0. The van der Waals surface area contributed by atoms with E-state index in [1.165, 1.54) is 5.69 Å². The summed E-state index contributed by atoms with van der Waals surface area (Å²) >= 11 is 0. The standard InChI is InChI=1S/C10H16N2/c1-9(11-2)6-7-10-5-4-8-12(10)3/h4-9,11H,1-3H3/b7-6+. The highest BCUT2D eigenvalue weighted by Gasteiger charge is 1.92. The fourth-order valence-corrected chi connectivity index (χ4v) is 0.987. The first-order chi connectivity index (χ1) is 5.74. The van der Waals surface area contributed by atoms with Crippen LogP contribution in [0.4, 0.5) is 0 Å². The lowest BCUT2D eigenvalue weighted by Crippen LogP contribution is -2.17. The monoisotopic (exact) mass is 164 g/mol. The van der Waals surface area contributed by atoms with Crippen LogP contribution in [0, 0.1) is 0 Å². The predicted molar refractivity (Wildman–Crippen MR) is 53.0 cm³/mol. The third-order valence-corrected chi connectivity index (χ3v) is 1.99. The second-order valence-corrected chi connectivity index (χ2v) is 2.98. The Labute approximate surface area is 73.9 Å². The molecule has 0 radical (unpaired) electrons. The maximum Gasteiger partial charge on any atom is 0.0401 e. The number of likely N-dealkylation sites (N-methyl/N-ethyl adjacent to an activating group) is 1. The molecule has 0 amide bonds. The maximum atomic E-state index is 3.15. The van der Waals surface area contributed by atoms with Crippen LogP contribution in [0.15, 0.2) is 24.4 Å². The average molecular weight is 164 g/mol. The molecule has 66 valence electrons. The van der Waals surface area contributed by atoms with Crippen LogP contribution < -0.4 is 5.32 Å². The minimum Gasteiger partial charge on any atom is -0.351 e. The second kappa shape index (κ2) is 4.12. The second-order valence-electron chi connectivity index (χ2n) is 2.98. The maximum absolute atomic E-state index is 3.15. The molecule has 1 atom stereocenters. The minimum absolute atomic E-state index is 0.430. The summed E-state index contributed by atoms with van der Waals surface area (Å²) < 4.78 is 2.10. The van der Waals surface area contributed by atoms with E-state index in [1.54, 1.807) is 0 Å². The Morgan fingerprint density at radius 1 is 1.58 bits per heavy atom. The summed E-state index contributed by atoms with van der Waals surface area (Å²) in [6.07, 6.45) is 6.32. The van der Waals surface area contributed by atoms with Crippen LogP contribution in [0.25, 0.3) is 6.08 Å². The van der Waals surface area contributed by atoms with Crippen LogP contribution in [0.1, 0.15) is 12.6 Å². The molecule has 2 nitrogen and oxygen atoms in total. The van der Waals surface area contributed by atoms with Crippen molar-refractivity contribution in [2.45, 2.75) is 13.0 Å². The molecule has 1 N–H and O–H groups in total. The zero-order valence-corrected chi connectivity index (χ0v) is 7.91. The molecule has 1 rings (SSSR count). The fourth-order valence-electron chi connectivity index (χ4n) is 0.987. The van der Waals surface area contributed by atoms with E-state index in [-0.39, 0.29) is 0 Å². The Hall–Kier alpha value is -1.02. The van der Waals surface area contributed by atoms with Crippen molar-refractivity contribution in [2.75, 3.05) is 7.05 Å². The summed E-state index contributed by atoms with van der Waals surface area (Å²) in [6.45, 7) is 2.12. The Balaban J connectivity index is 2.63. The molecule has 1 aromatic heterocycles. The molecule has 0 aliphatic carbocycles. The molecule has 0 aromatic carbocycles.